The molecule has 0 saturated carbocycles. The lowest BCUT2D eigenvalue weighted by Gasteiger charge is -2.01. The van der Waals surface area contributed by atoms with Crippen LogP contribution < -0.4 is 0 Å². The van der Waals surface area contributed by atoms with E-state index in [4.69, 9.17) is 0 Å². The van der Waals surface area contributed by atoms with Crippen LogP contribution in [0.5, 0.6) is 0 Å². The molecule has 0 radical (unpaired) electrons. The Morgan fingerprint density at radius 1 is 1.00 bits per heavy atom. The molecule has 9 heavy (non-hydrogen) atoms. The first-order valence-corrected chi connectivity index (χ1v) is 2.05. The quantitative estimate of drug-likeness (QED) is 0.286. The highest BCUT2D eigenvalue weighted by Gasteiger charge is 2.30. The number of hydrogen-bond acceptors (Lipinski definition) is 2. The highest BCUT2D eigenvalue weighted by atomic mass is 19.2. The van der Waals surface area contributed by atoms with E-state index in [2.05, 4.69) is 0 Å². The van der Waals surface area contributed by atoms with Crippen molar-refractivity contribution in [2.75, 3.05) is 6.67 Å². The van der Waals surface area contributed by atoms with Gasteiger partial charge in [-0.05, 0) is 0 Å². The van der Waals surface area contributed by atoms with Gasteiger partial charge in [-0.25, -0.2) is 0 Å². The predicted octanol–water partition coefficient (Wildman–Crippen LogP) is 1.40. The first kappa shape index (κ1) is 6.18. The molecule has 6 heteroatoms. The molecule has 2 nitrogen and oxygen atoms in total. The Labute approximate surface area is 47.8 Å². The third-order valence-electron chi connectivity index (χ3n) is 0.845. The van der Waals surface area contributed by atoms with Crippen molar-refractivity contribution < 1.29 is 17.7 Å². The second-order valence-corrected chi connectivity index (χ2v) is 1.45. The molecular formula is C3H2F4N2. The van der Waals surface area contributed by atoms with E-state index in [9.17, 15) is 17.7 Å². The standard InChI is InChI=1S/C3H2F4N2/c4-2-3(5)9(7)1-8(2)6/h1H2. The molecule has 1 aliphatic heterocycles. The van der Waals surface area contributed by atoms with E-state index >= 15 is 0 Å². The summed E-state index contributed by atoms with van der Waals surface area (Å²) in [6.45, 7) is -1.04. The Morgan fingerprint density at radius 3 is 1.44 bits per heavy atom. The van der Waals surface area contributed by atoms with Crippen LogP contribution in [0.4, 0.5) is 17.7 Å². The molecule has 0 aliphatic carbocycles. The predicted molar refractivity (Wildman–Crippen MR) is 20.0 cm³/mol. The summed E-state index contributed by atoms with van der Waals surface area (Å²) in [4.78, 5) is 0. The fraction of sp³-hybridized carbons (Fsp3) is 0.333. The van der Waals surface area contributed by atoms with Crippen LogP contribution in [-0.4, -0.2) is 16.9 Å². The number of nitrogens with zero attached hydrogens (tertiary/aromatic N) is 2. The Kier molecular flexibility index (Phi) is 1.22. The van der Waals surface area contributed by atoms with Crippen molar-refractivity contribution in [1.29, 1.82) is 0 Å². The maximum Gasteiger partial charge on any atom is 0.275 e. The molecule has 0 fully saturated rings. The fourth-order valence-electron chi connectivity index (χ4n) is 0.433. The Bertz CT molecular complexity index is 140. The van der Waals surface area contributed by atoms with E-state index in [-0.39, 0.29) is 0 Å². The van der Waals surface area contributed by atoms with Gasteiger partial charge in [0.2, 0.25) is 0 Å². The van der Waals surface area contributed by atoms with Crippen LogP contribution in [0, 0.1) is 0 Å². The SMILES string of the molecule is FC1=C(F)N(F)CN1F. The zero-order valence-corrected chi connectivity index (χ0v) is 4.11. The highest BCUT2D eigenvalue weighted by molar-refractivity contribution is 4.98. The fourth-order valence-corrected chi connectivity index (χ4v) is 0.433. The number of halogens is 4. The van der Waals surface area contributed by atoms with Crippen LogP contribution in [0.25, 0.3) is 0 Å². The lowest BCUT2D eigenvalue weighted by Crippen LogP contribution is -2.13. The summed E-state index contributed by atoms with van der Waals surface area (Å²) in [5.74, 6) is -3.64. The monoisotopic (exact) mass is 142 g/mol. The van der Waals surface area contributed by atoms with Crippen LogP contribution in [0.2, 0.25) is 0 Å². The molecule has 0 aromatic heterocycles. The first-order chi connectivity index (χ1) is 4.13. The smallest absolute Gasteiger partial charge is 0.179 e. The van der Waals surface area contributed by atoms with Gasteiger partial charge in [-0.3, -0.25) is 0 Å². The van der Waals surface area contributed by atoms with E-state index in [0.717, 1.165) is 0 Å². The summed E-state index contributed by atoms with van der Waals surface area (Å²) in [5.41, 5.74) is 0. The van der Waals surface area contributed by atoms with Crippen molar-refractivity contribution in [3.63, 3.8) is 0 Å². The van der Waals surface area contributed by atoms with E-state index in [1.165, 1.54) is 0 Å². The Morgan fingerprint density at radius 2 is 1.33 bits per heavy atom. The van der Waals surface area contributed by atoms with Crippen LogP contribution in [-0.2, 0) is 0 Å². The molecule has 0 saturated heterocycles. The molecule has 52 valence electrons. The minimum atomic E-state index is -1.82. The molecule has 0 atom stereocenters. The summed E-state index contributed by atoms with van der Waals surface area (Å²) < 4.78 is 46.9. The van der Waals surface area contributed by atoms with Gasteiger partial charge < -0.3 is 0 Å². The topological polar surface area (TPSA) is 6.48 Å². The van der Waals surface area contributed by atoms with Gasteiger partial charge >= 0.3 is 0 Å². The molecule has 0 aromatic rings. The molecule has 0 spiro atoms. The first-order valence-electron chi connectivity index (χ1n) is 2.05. The Balaban J connectivity index is 2.79. The van der Waals surface area contributed by atoms with Gasteiger partial charge in [0.05, 0.1) is 0 Å². The molecule has 0 aromatic carbocycles. The van der Waals surface area contributed by atoms with Crippen molar-refractivity contribution in [1.82, 2.24) is 10.2 Å². The number of rotatable bonds is 0. The van der Waals surface area contributed by atoms with E-state index in [0.29, 0.717) is 0 Å². The van der Waals surface area contributed by atoms with Crippen LogP contribution in [0.3, 0.4) is 0 Å². The van der Waals surface area contributed by atoms with Crippen molar-refractivity contribution in [2.45, 2.75) is 0 Å². The third kappa shape index (κ3) is 0.797. The van der Waals surface area contributed by atoms with Gasteiger partial charge in [-0.1, -0.05) is 8.96 Å². The minimum Gasteiger partial charge on any atom is -0.179 e. The maximum absolute atomic E-state index is 11.7. The van der Waals surface area contributed by atoms with Crippen LogP contribution in [0.1, 0.15) is 0 Å². The zero-order chi connectivity index (χ0) is 7.02. The van der Waals surface area contributed by atoms with Gasteiger partial charge in [0.1, 0.15) is 0 Å². The largest absolute Gasteiger partial charge is 0.275 e. The summed E-state index contributed by atoms with van der Waals surface area (Å²) in [5, 5.41) is -1.34. The lowest BCUT2D eigenvalue weighted by molar-refractivity contribution is -0.0407. The van der Waals surface area contributed by atoms with Crippen LogP contribution >= 0.6 is 0 Å². The second kappa shape index (κ2) is 1.78. The van der Waals surface area contributed by atoms with Crippen molar-refractivity contribution >= 4 is 0 Å². The summed E-state index contributed by atoms with van der Waals surface area (Å²) in [6, 6.07) is 0. The molecule has 0 amide bonds. The number of hydrogen-bond donors (Lipinski definition) is 0. The maximum atomic E-state index is 11.7. The second-order valence-electron chi connectivity index (χ2n) is 1.45. The average molecular weight is 142 g/mol. The van der Waals surface area contributed by atoms with Gasteiger partial charge in [0.25, 0.3) is 11.9 Å². The van der Waals surface area contributed by atoms with Gasteiger partial charge in [0, 0.05) is 0 Å². The highest BCUT2D eigenvalue weighted by Crippen LogP contribution is 2.25. The lowest BCUT2D eigenvalue weighted by atomic mass is 10.9. The average Bonchev–Trinajstić information content (AvgIpc) is 1.98. The molecule has 1 rings (SSSR count). The zero-order valence-electron chi connectivity index (χ0n) is 4.11. The normalized spacial score (nSPS) is 20.0. The van der Waals surface area contributed by atoms with E-state index < -0.39 is 28.8 Å². The van der Waals surface area contributed by atoms with Crippen molar-refractivity contribution in [3.05, 3.63) is 11.9 Å². The minimum absolute atomic E-state index is 0.671. The molecule has 0 bridgehead atoms. The molecule has 0 unspecified atom stereocenters. The van der Waals surface area contributed by atoms with E-state index in [1.54, 1.807) is 0 Å². The molecule has 1 aliphatic rings. The van der Waals surface area contributed by atoms with Crippen molar-refractivity contribution in [2.24, 2.45) is 0 Å². The summed E-state index contributed by atoms with van der Waals surface area (Å²) in [7, 11) is 0. The van der Waals surface area contributed by atoms with Gasteiger partial charge in [0.15, 0.2) is 6.67 Å². The van der Waals surface area contributed by atoms with Crippen molar-refractivity contribution in [3.8, 4) is 0 Å². The molecule has 1 heterocycles. The summed E-state index contributed by atoms with van der Waals surface area (Å²) >= 11 is 0. The van der Waals surface area contributed by atoms with Gasteiger partial charge in [-0.15, -0.1) is 0 Å². The summed E-state index contributed by atoms with van der Waals surface area (Å²) in [6.07, 6.45) is 0. The Hall–Kier alpha value is -0.940. The van der Waals surface area contributed by atoms with E-state index in [1.807, 2.05) is 0 Å². The molecule has 0 N–H and O–H groups in total. The van der Waals surface area contributed by atoms with Gasteiger partial charge in [-0.2, -0.15) is 19.0 Å². The third-order valence-corrected chi connectivity index (χ3v) is 0.845. The molecular weight excluding hydrogens is 140 g/mol. The van der Waals surface area contributed by atoms with Crippen LogP contribution in [0.15, 0.2) is 11.9 Å².